The van der Waals surface area contributed by atoms with Gasteiger partial charge in [0, 0.05) is 24.3 Å². The Hall–Kier alpha value is -3.00. The van der Waals surface area contributed by atoms with E-state index < -0.39 is 0 Å². The van der Waals surface area contributed by atoms with Crippen LogP contribution in [0.25, 0.3) is 24.3 Å². The predicted octanol–water partition coefficient (Wildman–Crippen LogP) is 3.68. The van der Waals surface area contributed by atoms with Crippen LogP contribution in [0.5, 0.6) is 0 Å². The second-order valence-electron chi connectivity index (χ2n) is 5.93. The van der Waals surface area contributed by atoms with Gasteiger partial charge in [-0.05, 0) is 22.3 Å². The summed E-state index contributed by atoms with van der Waals surface area (Å²) in [5, 5.41) is 0. The Morgan fingerprint density at radius 3 is 1.00 bits per heavy atom. The zero-order chi connectivity index (χ0) is 16.8. The lowest BCUT2D eigenvalue weighted by Crippen LogP contribution is -2.25. The molecule has 0 radical (unpaired) electrons. The van der Waals surface area contributed by atoms with Crippen LogP contribution in [0.2, 0.25) is 0 Å². The van der Waals surface area contributed by atoms with Gasteiger partial charge in [-0.3, -0.25) is 0 Å². The SMILES string of the molecule is C[n+]1ccc(/C=C\c2ccc(/C=C/c3cc[n+](C)cc3)cc2)cc1. The summed E-state index contributed by atoms with van der Waals surface area (Å²) in [6.45, 7) is 0. The number of aryl methyl sites for hydroxylation is 2. The molecular weight excluding hydrogens is 292 g/mol. The quantitative estimate of drug-likeness (QED) is 0.649. The molecule has 0 saturated carbocycles. The third kappa shape index (κ3) is 4.50. The number of aromatic nitrogens is 2. The maximum Gasteiger partial charge on any atom is 0.169 e. The molecule has 2 nitrogen and oxygen atoms in total. The Kier molecular flexibility index (Phi) is 4.97. The van der Waals surface area contributed by atoms with Gasteiger partial charge in [0.25, 0.3) is 0 Å². The first kappa shape index (κ1) is 15.9. The van der Waals surface area contributed by atoms with E-state index in [4.69, 9.17) is 0 Å². The van der Waals surface area contributed by atoms with Crippen molar-refractivity contribution in [2.45, 2.75) is 0 Å². The summed E-state index contributed by atoms with van der Waals surface area (Å²) in [4.78, 5) is 0. The largest absolute Gasteiger partial charge is 0.208 e. The van der Waals surface area contributed by atoms with E-state index >= 15 is 0 Å². The fraction of sp³-hybridized carbons (Fsp3) is 0.0909. The number of hydrogen-bond donors (Lipinski definition) is 0. The lowest BCUT2D eigenvalue weighted by atomic mass is 10.1. The van der Waals surface area contributed by atoms with Crippen LogP contribution in [0.15, 0.2) is 73.3 Å². The third-order valence-electron chi connectivity index (χ3n) is 3.88. The first-order chi connectivity index (χ1) is 11.7. The number of nitrogens with zero attached hydrogens (tertiary/aromatic N) is 2. The maximum atomic E-state index is 2.14. The van der Waals surface area contributed by atoms with Crippen molar-refractivity contribution in [2.75, 3.05) is 0 Å². The molecule has 0 saturated heterocycles. The zero-order valence-electron chi connectivity index (χ0n) is 14.1. The first-order valence-electron chi connectivity index (χ1n) is 8.06. The van der Waals surface area contributed by atoms with E-state index in [-0.39, 0.29) is 0 Å². The van der Waals surface area contributed by atoms with Crippen LogP contribution in [0, 0.1) is 0 Å². The van der Waals surface area contributed by atoms with Crippen LogP contribution in [-0.4, -0.2) is 0 Å². The van der Waals surface area contributed by atoms with E-state index in [2.05, 4.69) is 97.6 Å². The van der Waals surface area contributed by atoms with Gasteiger partial charge < -0.3 is 0 Å². The van der Waals surface area contributed by atoms with Crippen molar-refractivity contribution in [3.8, 4) is 0 Å². The van der Waals surface area contributed by atoms with E-state index in [0.717, 1.165) is 0 Å². The average Bonchev–Trinajstić information content (AvgIpc) is 2.62. The van der Waals surface area contributed by atoms with Gasteiger partial charge in [-0.2, -0.15) is 0 Å². The van der Waals surface area contributed by atoms with E-state index in [0.29, 0.717) is 0 Å². The fourth-order valence-corrected chi connectivity index (χ4v) is 2.35. The molecule has 2 aromatic heterocycles. The second kappa shape index (κ2) is 7.51. The molecule has 0 atom stereocenters. The summed E-state index contributed by atoms with van der Waals surface area (Å²) in [5.74, 6) is 0. The van der Waals surface area contributed by atoms with Crippen molar-refractivity contribution in [1.82, 2.24) is 0 Å². The lowest BCUT2D eigenvalue weighted by Gasteiger charge is -1.97. The number of rotatable bonds is 4. The van der Waals surface area contributed by atoms with Crippen molar-refractivity contribution < 1.29 is 9.13 Å². The summed E-state index contributed by atoms with van der Waals surface area (Å²) < 4.78 is 4.07. The Labute approximate surface area is 143 Å². The minimum atomic E-state index is 1.20. The van der Waals surface area contributed by atoms with Crippen LogP contribution in [0.1, 0.15) is 22.3 Å². The molecule has 0 bridgehead atoms. The molecule has 0 fully saturated rings. The van der Waals surface area contributed by atoms with Crippen LogP contribution in [0.4, 0.5) is 0 Å². The van der Waals surface area contributed by atoms with Crippen LogP contribution >= 0.6 is 0 Å². The molecule has 0 spiro atoms. The molecule has 0 aliphatic heterocycles. The van der Waals surface area contributed by atoms with Gasteiger partial charge in [0.1, 0.15) is 14.1 Å². The van der Waals surface area contributed by atoms with E-state index in [9.17, 15) is 0 Å². The monoisotopic (exact) mass is 314 g/mol. The molecule has 3 rings (SSSR count). The normalized spacial score (nSPS) is 11.4. The van der Waals surface area contributed by atoms with Gasteiger partial charge in [0.05, 0.1) is 0 Å². The Bertz CT molecular complexity index is 765. The van der Waals surface area contributed by atoms with Gasteiger partial charge in [-0.15, -0.1) is 0 Å². The molecule has 0 unspecified atom stereocenters. The molecule has 2 heterocycles. The van der Waals surface area contributed by atoms with Crippen LogP contribution in [-0.2, 0) is 14.1 Å². The van der Waals surface area contributed by atoms with Gasteiger partial charge in [0.15, 0.2) is 24.8 Å². The number of benzene rings is 1. The van der Waals surface area contributed by atoms with Gasteiger partial charge >= 0.3 is 0 Å². The number of hydrogen-bond acceptors (Lipinski definition) is 0. The highest BCUT2D eigenvalue weighted by atomic mass is 14.9. The van der Waals surface area contributed by atoms with Crippen molar-refractivity contribution >= 4 is 24.3 Å². The number of pyridine rings is 2. The summed E-state index contributed by atoms with van der Waals surface area (Å²) in [5.41, 5.74) is 4.81. The predicted molar refractivity (Wildman–Crippen MR) is 99.5 cm³/mol. The summed E-state index contributed by atoms with van der Waals surface area (Å²) in [7, 11) is 4.05. The standard InChI is InChI=1S/C22H22N2/c1-23-15-11-21(12-16-23)9-7-19-3-5-20(6-4-19)8-10-22-13-17-24(2)18-14-22/h3-18H,1-2H3/q+2/b9-7-,10-8+. The Morgan fingerprint density at radius 2 is 0.708 bits per heavy atom. The van der Waals surface area contributed by atoms with E-state index in [1.54, 1.807) is 0 Å². The van der Waals surface area contributed by atoms with Crippen molar-refractivity contribution in [3.63, 3.8) is 0 Å². The van der Waals surface area contributed by atoms with E-state index in [1.165, 1.54) is 22.3 Å². The molecule has 118 valence electrons. The maximum absolute atomic E-state index is 2.14. The molecule has 0 N–H and O–H groups in total. The smallest absolute Gasteiger partial charge is 0.169 e. The Balaban J connectivity index is 1.66. The van der Waals surface area contributed by atoms with Crippen molar-refractivity contribution in [1.29, 1.82) is 0 Å². The lowest BCUT2D eigenvalue weighted by molar-refractivity contribution is -0.671. The molecule has 0 amide bonds. The fourth-order valence-electron chi connectivity index (χ4n) is 2.35. The van der Waals surface area contributed by atoms with Gasteiger partial charge in [-0.25, -0.2) is 9.13 Å². The molecule has 2 heteroatoms. The molecule has 0 aliphatic rings. The minimum Gasteiger partial charge on any atom is -0.208 e. The topological polar surface area (TPSA) is 7.76 Å². The van der Waals surface area contributed by atoms with Crippen molar-refractivity contribution in [3.05, 3.63) is 95.6 Å². The summed E-state index contributed by atoms with van der Waals surface area (Å²) in [6, 6.07) is 17.0. The zero-order valence-corrected chi connectivity index (χ0v) is 14.1. The molecule has 24 heavy (non-hydrogen) atoms. The van der Waals surface area contributed by atoms with E-state index in [1.807, 2.05) is 23.2 Å². The molecule has 0 aliphatic carbocycles. The van der Waals surface area contributed by atoms with Crippen LogP contribution < -0.4 is 9.13 Å². The first-order valence-corrected chi connectivity index (χ1v) is 8.06. The third-order valence-corrected chi connectivity index (χ3v) is 3.88. The van der Waals surface area contributed by atoms with Gasteiger partial charge in [0.2, 0.25) is 0 Å². The molecule has 1 aromatic carbocycles. The minimum absolute atomic E-state index is 1.20. The van der Waals surface area contributed by atoms with Crippen molar-refractivity contribution in [2.24, 2.45) is 14.1 Å². The molecule has 3 aromatic rings. The Morgan fingerprint density at radius 1 is 0.458 bits per heavy atom. The molecular formula is C22H22N2+2. The average molecular weight is 314 g/mol. The highest BCUT2D eigenvalue weighted by Gasteiger charge is 1.94. The summed E-state index contributed by atoms with van der Waals surface area (Å²) >= 11 is 0. The van der Waals surface area contributed by atoms with Gasteiger partial charge in [-0.1, -0.05) is 48.6 Å². The van der Waals surface area contributed by atoms with Crippen LogP contribution in [0.3, 0.4) is 0 Å². The highest BCUT2D eigenvalue weighted by Crippen LogP contribution is 2.11. The second-order valence-corrected chi connectivity index (χ2v) is 5.93. The highest BCUT2D eigenvalue weighted by molar-refractivity contribution is 5.72. The summed E-state index contributed by atoms with van der Waals surface area (Å²) in [6.07, 6.45) is 16.8.